The van der Waals surface area contributed by atoms with Gasteiger partial charge in [-0.3, -0.25) is 0 Å². The summed E-state index contributed by atoms with van der Waals surface area (Å²) in [5, 5.41) is 29.7. The van der Waals surface area contributed by atoms with Gasteiger partial charge in [-0.25, -0.2) is 44.3 Å². The first-order valence-electron chi connectivity index (χ1n) is 39.5. The summed E-state index contributed by atoms with van der Waals surface area (Å²) in [6.45, 7) is 6.80. The van der Waals surface area contributed by atoms with E-state index in [1.54, 1.807) is 36.4 Å². The monoisotopic (exact) mass is 1400 g/mol. The average molecular weight is 1410 g/mol. The number of carboxylic acids is 3. The molecule has 0 unspecified atom stereocenters. The topological polar surface area (TPSA) is 189 Å². The highest BCUT2D eigenvalue weighted by Crippen LogP contribution is 2.56. The predicted molar refractivity (Wildman–Crippen MR) is 430 cm³/mol. The third-order valence-corrected chi connectivity index (χ3v) is 20.7. The second-order valence-electron chi connectivity index (χ2n) is 28.6. The van der Waals surface area contributed by atoms with Crippen LogP contribution in [0.3, 0.4) is 0 Å². The summed E-state index contributed by atoms with van der Waals surface area (Å²) in [5.41, 5.74) is 16.2. The minimum Gasteiger partial charge on any atom is -0.478 e. The molecule has 7 aromatic carbocycles. The van der Waals surface area contributed by atoms with Crippen LogP contribution in [0.25, 0.3) is 100 Å². The van der Waals surface area contributed by atoms with Crippen LogP contribution >= 0.6 is 0 Å². The van der Waals surface area contributed by atoms with Crippen LogP contribution in [0.1, 0.15) is 262 Å². The molecule has 0 aliphatic carbocycles. The average Bonchev–Trinajstić information content (AvgIpc) is 0.715. The number of nitrogens with zero attached hydrogens (tertiary/aromatic N) is 6. The van der Waals surface area contributed by atoms with Crippen LogP contribution in [0.2, 0.25) is 0 Å². The summed E-state index contributed by atoms with van der Waals surface area (Å²) >= 11 is 0. The lowest BCUT2D eigenvalue weighted by Gasteiger charge is -2.28. The van der Waals surface area contributed by atoms with E-state index in [1.807, 2.05) is 73.6 Å². The van der Waals surface area contributed by atoms with E-state index in [0.717, 1.165) is 175 Å². The molecular formula is C93H108N6O6. The smallest absolute Gasteiger partial charge is 0.335 e. The van der Waals surface area contributed by atoms with Gasteiger partial charge in [0.15, 0.2) is 0 Å². The molecule has 3 aromatic heterocycles. The molecule has 546 valence electrons. The SMILES string of the molecule is CCCCCCCCCCCCc1ncc(-c2c(-c3ccc(-c4ccc(C(=O)O)cc4)cc3)c(-c3ccc(-c4ccc(C(=O)O)cc4)cc3)c(-c3cnc(CCCCCCCCCCCC)nc3)c(-c3cnc(CCCCCCCCCCCC)nc3)c2-c2ccc(-c3ccc(C(=O)O)cc3)cc2)cn1. The summed E-state index contributed by atoms with van der Waals surface area (Å²) in [6, 6.07) is 46.4. The van der Waals surface area contributed by atoms with E-state index in [9.17, 15) is 29.7 Å². The Labute approximate surface area is 623 Å². The molecule has 10 rings (SSSR count). The first kappa shape index (κ1) is 77.8. The molecule has 0 saturated heterocycles. The standard InChI is InChI=1S/C93H108N6O6/c1-4-7-10-13-16-19-22-25-28-31-34-82-94-61-79(62-95-82)88-85(73-49-37-67(38-50-73)70-43-55-76(56-44-70)91(100)101)86(74-51-39-68(40-52-74)71-45-57-77(58-46-71)92(102)103)89(80-63-96-83(97-64-80)35-32-29-26-23-20-17-14-11-8-5-2)90(81-65-98-84(99-66-81)36-33-30-27-24-21-18-15-12-9-6-3)87(88)75-53-41-69(42-54-75)72-47-59-78(60-48-72)93(104)105/h37-66H,4-36H2,1-3H3,(H,100,101)(H,102,103)(H,104,105). The number of aromatic carboxylic acids is 3. The van der Waals surface area contributed by atoms with Crippen molar-refractivity contribution in [3.63, 3.8) is 0 Å². The molecule has 0 radical (unpaired) electrons. The van der Waals surface area contributed by atoms with Gasteiger partial charge in [-0.1, -0.05) is 303 Å². The molecule has 0 fully saturated rings. The van der Waals surface area contributed by atoms with Crippen molar-refractivity contribution in [3.05, 3.63) is 217 Å². The van der Waals surface area contributed by atoms with Crippen molar-refractivity contribution in [3.8, 4) is 100 Å². The molecule has 0 saturated carbocycles. The summed E-state index contributed by atoms with van der Waals surface area (Å²) < 4.78 is 0. The van der Waals surface area contributed by atoms with Gasteiger partial charge in [-0.2, -0.15) is 0 Å². The van der Waals surface area contributed by atoms with Crippen molar-refractivity contribution in [1.82, 2.24) is 29.9 Å². The fraction of sp³-hybridized carbons (Fsp3) is 0.387. The van der Waals surface area contributed by atoms with Crippen LogP contribution < -0.4 is 0 Å². The number of rotatable bonds is 45. The molecule has 12 nitrogen and oxygen atoms in total. The molecule has 0 aliphatic rings. The van der Waals surface area contributed by atoms with Gasteiger partial charge in [-0.05, 0) is 122 Å². The molecule has 3 heterocycles. The van der Waals surface area contributed by atoms with Crippen molar-refractivity contribution in [1.29, 1.82) is 0 Å². The van der Waals surface area contributed by atoms with Crippen molar-refractivity contribution in [2.75, 3.05) is 0 Å². The zero-order valence-electron chi connectivity index (χ0n) is 62.4. The number of aromatic nitrogens is 6. The van der Waals surface area contributed by atoms with Gasteiger partial charge >= 0.3 is 17.9 Å². The van der Waals surface area contributed by atoms with Crippen LogP contribution in [0, 0.1) is 0 Å². The van der Waals surface area contributed by atoms with E-state index in [1.165, 1.54) is 154 Å². The summed E-state index contributed by atoms with van der Waals surface area (Å²) in [6.07, 6.45) is 51.1. The first-order chi connectivity index (χ1) is 51.5. The Morgan fingerprint density at radius 2 is 0.362 bits per heavy atom. The van der Waals surface area contributed by atoms with Gasteiger partial charge in [-0.15, -0.1) is 0 Å². The van der Waals surface area contributed by atoms with E-state index in [-0.39, 0.29) is 16.7 Å². The normalized spacial score (nSPS) is 11.3. The zero-order valence-corrected chi connectivity index (χ0v) is 62.4. The summed E-state index contributed by atoms with van der Waals surface area (Å²) in [7, 11) is 0. The lowest BCUT2D eigenvalue weighted by Crippen LogP contribution is -2.05. The molecule has 0 atom stereocenters. The Bertz CT molecular complexity index is 4290. The molecule has 12 heteroatoms. The maximum atomic E-state index is 12.1. The number of carboxylic acid groups (broad SMARTS) is 3. The van der Waals surface area contributed by atoms with Gasteiger partial charge in [0.25, 0.3) is 0 Å². The molecule has 0 spiro atoms. The van der Waals surface area contributed by atoms with Crippen LogP contribution in [0.5, 0.6) is 0 Å². The van der Waals surface area contributed by atoms with Gasteiger partial charge in [0.1, 0.15) is 17.5 Å². The van der Waals surface area contributed by atoms with Crippen LogP contribution in [0.4, 0.5) is 0 Å². The van der Waals surface area contributed by atoms with E-state index < -0.39 is 17.9 Å². The Balaban J connectivity index is 1.18. The highest BCUT2D eigenvalue weighted by Gasteiger charge is 2.31. The lowest BCUT2D eigenvalue weighted by molar-refractivity contribution is 0.0686. The fourth-order valence-electron chi connectivity index (χ4n) is 14.5. The zero-order chi connectivity index (χ0) is 73.4. The van der Waals surface area contributed by atoms with E-state index in [4.69, 9.17) is 29.9 Å². The number of carbonyl (C=O) groups is 3. The highest BCUT2D eigenvalue weighted by atomic mass is 16.4. The third kappa shape index (κ3) is 22.6. The summed E-state index contributed by atoms with van der Waals surface area (Å²) in [5.74, 6) is -0.614. The maximum Gasteiger partial charge on any atom is 0.335 e. The van der Waals surface area contributed by atoms with Gasteiger partial charge < -0.3 is 15.3 Å². The van der Waals surface area contributed by atoms with Crippen LogP contribution in [0.15, 0.2) is 183 Å². The van der Waals surface area contributed by atoms with Crippen molar-refractivity contribution < 1.29 is 29.7 Å². The Hall–Kier alpha value is -9.81. The maximum absolute atomic E-state index is 12.1. The molecule has 0 amide bonds. The fourth-order valence-corrected chi connectivity index (χ4v) is 14.5. The molecule has 0 aliphatic heterocycles. The molecule has 3 N–H and O–H groups in total. The number of hydrogen-bond donors (Lipinski definition) is 3. The van der Waals surface area contributed by atoms with Crippen LogP contribution in [-0.4, -0.2) is 63.1 Å². The van der Waals surface area contributed by atoms with Crippen molar-refractivity contribution in [2.45, 2.75) is 233 Å². The molecular weight excluding hydrogens is 1300 g/mol. The van der Waals surface area contributed by atoms with E-state index >= 15 is 0 Å². The Kier molecular flexibility index (Phi) is 30.8. The van der Waals surface area contributed by atoms with Crippen molar-refractivity contribution in [2.24, 2.45) is 0 Å². The second kappa shape index (κ2) is 41.6. The quantitative estimate of drug-likeness (QED) is 0.0307. The van der Waals surface area contributed by atoms with Crippen molar-refractivity contribution >= 4 is 17.9 Å². The molecule has 105 heavy (non-hydrogen) atoms. The molecule has 10 aromatic rings. The Morgan fingerprint density at radius 3 is 0.543 bits per heavy atom. The minimum absolute atomic E-state index is 0.207. The highest BCUT2D eigenvalue weighted by molar-refractivity contribution is 6.15. The molecule has 0 bridgehead atoms. The number of unbranched alkanes of at least 4 members (excludes halogenated alkanes) is 27. The predicted octanol–water partition coefficient (Wildman–Crippen LogP) is 25.5. The number of aryl methyl sites for hydroxylation is 3. The van der Waals surface area contributed by atoms with Gasteiger partial charge in [0.05, 0.1) is 16.7 Å². The van der Waals surface area contributed by atoms with Gasteiger partial charge in [0.2, 0.25) is 0 Å². The van der Waals surface area contributed by atoms with Gasteiger partial charge in [0, 0.05) is 89.8 Å². The minimum atomic E-state index is -0.989. The summed E-state index contributed by atoms with van der Waals surface area (Å²) in [4.78, 5) is 67.9. The largest absolute Gasteiger partial charge is 0.478 e. The lowest BCUT2D eigenvalue weighted by atomic mass is 9.74. The van der Waals surface area contributed by atoms with Crippen LogP contribution in [-0.2, 0) is 19.3 Å². The second-order valence-corrected chi connectivity index (χ2v) is 28.6. The van der Waals surface area contributed by atoms with E-state index in [0.29, 0.717) is 0 Å². The number of hydrogen-bond acceptors (Lipinski definition) is 9. The van der Waals surface area contributed by atoms with E-state index in [2.05, 4.69) is 93.6 Å². The third-order valence-electron chi connectivity index (χ3n) is 20.7. The first-order valence-corrected chi connectivity index (χ1v) is 39.5. The Morgan fingerprint density at radius 1 is 0.210 bits per heavy atom. The number of benzene rings is 7.